The largest absolute Gasteiger partial charge is 0.352 e. The van der Waals surface area contributed by atoms with Gasteiger partial charge in [-0.3, -0.25) is 14.4 Å². The van der Waals surface area contributed by atoms with Crippen LogP contribution in [0.4, 0.5) is 17.3 Å². The second-order valence-electron chi connectivity index (χ2n) is 10.1. The third kappa shape index (κ3) is 5.07. The minimum atomic E-state index is -0.286. The number of anilines is 3. The molecule has 0 unspecified atom stereocenters. The van der Waals surface area contributed by atoms with Crippen molar-refractivity contribution in [1.82, 2.24) is 20.0 Å². The third-order valence-corrected chi connectivity index (χ3v) is 6.92. The van der Waals surface area contributed by atoms with Crippen molar-refractivity contribution in [2.75, 3.05) is 36.9 Å². The fourth-order valence-corrected chi connectivity index (χ4v) is 4.72. The maximum atomic E-state index is 12.8. The van der Waals surface area contributed by atoms with Gasteiger partial charge in [0.1, 0.15) is 5.82 Å². The van der Waals surface area contributed by atoms with E-state index >= 15 is 0 Å². The van der Waals surface area contributed by atoms with E-state index in [1.807, 2.05) is 29.9 Å². The van der Waals surface area contributed by atoms with Crippen molar-refractivity contribution in [1.29, 1.82) is 0 Å². The molecule has 5 rings (SSSR count). The highest BCUT2D eigenvalue weighted by Gasteiger charge is 2.27. The average Bonchev–Trinajstić information content (AvgIpc) is 3.46. The second-order valence-corrected chi connectivity index (χ2v) is 10.1. The summed E-state index contributed by atoms with van der Waals surface area (Å²) in [5.74, 6) is 1.51. The number of nitrogens with one attached hydrogen (secondary N) is 2. The lowest BCUT2D eigenvalue weighted by atomic mass is 9.98. The zero-order valence-electron chi connectivity index (χ0n) is 21.5. The summed E-state index contributed by atoms with van der Waals surface area (Å²) < 4.78 is 1.87. The molecule has 37 heavy (non-hydrogen) atoms. The zero-order valence-corrected chi connectivity index (χ0v) is 21.5. The number of fused-ring (bicyclic) bond motifs is 2. The first kappa shape index (κ1) is 24.5. The summed E-state index contributed by atoms with van der Waals surface area (Å²) in [7, 11) is 1.83. The van der Waals surface area contributed by atoms with Gasteiger partial charge in [-0.05, 0) is 66.8 Å². The molecule has 0 aliphatic carbocycles. The van der Waals surface area contributed by atoms with E-state index in [1.165, 1.54) is 0 Å². The monoisotopic (exact) mass is 500 g/mol. The Labute approximate surface area is 216 Å². The van der Waals surface area contributed by atoms with Crippen molar-refractivity contribution in [2.45, 2.75) is 33.2 Å². The smallest absolute Gasteiger partial charge is 0.256 e. The molecule has 1 aromatic heterocycles. The molecule has 3 amide bonds. The van der Waals surface area contributed by atoms with Crippen LogP contribution in [0.3, 0.4) is 0 Å². The molecule has 2 N–H and O–H groups in total. The molecule has 3 heterocycles. The number of carbonyl (C=O) groups excluding carboxylic acids is 3. The van der Waals surface area contributed by atoms with Gasteiger partial charge in [0.25, 0.3) is 17.7 Å². The molecule has 2 aliphatic heterocycles. The van der Waals surface area contributed by atoms with Crippen molar-refractivity contribution in [2.24, 2.45) is 5.92 Å². The number of aromatic nitrogens is 2. The van der Waals surface area contributed by atoms with Gasteiger partial charge in [0.2, 0.25) is 0 Å². The first-order chi connectivity index (χ1) is 17.8. The number of amides is 3. The SMILES string of the molecule is CC(C)CCNC(=O)c1ccc(C(=O)Nc2cc3n(n2)CCN3c2ccc3c(c2)CCN(C)C3=O)cc1. The standard InChI is InChI=1S/C28H32N6O3/c1-18(2)10-12-29-26(35)19-4-6-20(7-5-19)27(36)30-24-17-25-33(14-15-34(25)31-24)22-8-9-23-21(16-22)11-13-32(3)28(23)37/h4-9,16-18H,10-15H2,1-3H3,(H,29,35)(H,30,31,36). The van der Waals surface area contributed by atoms with Crippen LogP contribution in [0.2, 0.25) is 0 Å². The van der Waals surface area contributed by atoms with Crippen LogP contribution in [-0.2, 0) is 13.0 Å². The molecule has 0 spiro atoms. The van der Waals surface area contributed by atoms with Crippen LogP contribution >= 0.6 is 0 Å². The summed E-state index contributed by atoms with van der Waals surface area (Å²) in [5, 5.41) is 10.3. The van der Waals surface area contributed by atoms with E-state index in [9.17, 15) is 14.4 Å². The van der Waals surface area contributed by atoms with Crippen LogP contribution in [-0.4, -0.2) is 59.1 Å². The minimum Gasteiger partial charge on any atom is -0.352 e. The Balaban J connectivity index is 1.25. The van der Waals surface area contributed by atoms with E-state index in [2.05, 4.69) is 40.5 Å². The topological polar surface area (TPSA) is 99.6 Å². The number of hydrogen-bond acceptors (Lipinski definition) is 5. The predicted octanol–water partition coefficient (Wildman–Crippen LogP) is 3.69. The lowest BCUT2D eigenvalue weighted by molar-refractivity contribution is 0.0780. The molecule has 0 radical (unpaired) electrons. The van der Waals surface area contributed by atoms with Crippen LogP contribution in [0.5, 0.6) is 0 Å². The van der Waals surface area contributed by atoms with Crippen LogP contribution in [0.25, 0.3) is 0 Å². The highest BCUT2D eigenvalue weighted by atomic mass is 16.2. The summed E-state index contributed by atoms with van der Waals surface area (Å²) in [6.07, 6.45) is 1.75. The number of nitrogens with zero attached hydrogens (tertiary/aromatic N) is 4. The van der Waals surface area contributed by atoms with Gasteiger partial charge in [0.05, 0.1) is 6.54 Å². The van der Waals surface area contributed by atoms with E-state index in [-0.39, 0.29) is 17.7 Å². The van der Waals surface area contributed by atoms with Crippen LogP contribution in [0.15, 0.2) is 48.5 Å². The molecule has 9 heteroatoms. The summed E-state index contributed by atoms with van der Waals surface area (Å²) in [6.45, 7) is 7.04. The Morgan fingerprint density at radius 2 is 1.70 bits per heavy atom. The van der Waals surface area contributed by atoms with Crippen LogP contribution in [0.1, 0.15) is 56.9 Å². The van der Waals surface area contributed by atoms with Gasteiger partial charge in [0, 0.05) is 55.1 Å². The normalized spacial score (nSPS) is 14.5. The second kappa shape index (κ2) is 10.1. The van der Waals surface area contributed by atoms with Gasteiger partial charge >= 0.3 is 0 Å². The summed E-state index contributed by atoms with van der Waals surface area (Å²) in [5.41, 5.74) is 3.81. The Hall–Kier alpha value is -4.14. The fourth-order valence-electron chi connectivity index (χ4n) is 4.72. The molecule has 0 atom stereocenters. The Bertz CT molecular complexity index is 1340. The number of benzene rings is 2. The molecule has 3 aromatic rings. The Kier molecular flexibility index (Phi) is 6.69. The molecule has 9 nitrogen and oxygen atoms in total. The van der Waals surface area contributed by atoms with Crippen LogP contribution in [0, 0.1) is 5.92 Å². The zero-order chi connectivity index (χ0) is 26.1. The number of hydrogen-bond donors (Lipinski definition) is 2. The molecule has 0 saturated heterocycles. The number of rotatable bonds is 7. The summed E-state index contributed by atoms with van der Waals surface area (Å²) in [6, 6.07) is 14.4. The van der Waals surface area contributed by atoms with E-state index in [0.29, 0.717) is 42.5 Å². The first-order valence-electron chi connectivity index (χ1n) is 12.7. The maximum absolute atomic E-state index is 12.8. The lowest BCUT2D eigenvalue weighted by Gasteiger charge is -2.26. The summed E-state index contributed by atoms with van der Waals surface area (Å²) >= 11 is 0. The van der Waals surface area contributed by atoms with E-state index in [1.54, 1.807) is 29.2 Å². The van der Waals surface area contributed by atoms with Crippen molar-refractivity contribution in [3.05, 3.63) is 70.8 Å². The molecule has 0 fully saturated rings. The Morgan fingerprint density at radius 1 is 0.973 bits per heavy atom. The molecule has 2 aromatic carbocycles. The molecule has 2 aliphatic rings. The van der Waals surface area contributed by atoms with Crippen molar-refractivity contribution >= 4 is 35.0 Å². The highest BCUT2D eigenvalue weighted by molar-refractivity contribution is 6.05. The van der Waals surface area contributed by atoms with Crippen molar-refractivity contribution < 1.29 is 14.4 Å². The van der Waals surface area contributed by atoms with E-state index in [4.69, 9.17) is 0 Å². The van der Waals surface area contributed by atoms with Gasteiger partial charge in [0.15, 0.2) is 5.82 Å². The molecule has 192 valence electrons. The molecule has 0 bridgehead atoms. The van der Waals surface area contributed by atoms with Crippen LogP contribution < -0.4 is 15.5 Å². The predicted molar refractivity (Wildman–Crippen MR) is 143 cm³/mol. The van der Waals surface area contributed by atoms with Gasteiger partial charge in [-0.15, -0.1) is 0 Å². The first-order valence-corrected chi connectivity index (χ1v) is 12.7. The Morgan fingerprint density at radius 3 is 2.43 bits per heavy atom. The van der Waals surface area contributed by atoms with Gasteiger partial charge in [-0.2, -0.15) is 5.10 Å². The van der Waals surface area contributed by atoms with E-state index < -0.39 is 0 Å². The average molecular weight is 501 g/mol. The fraction of sp³-hybridized carbons (Fsp3) is 0.357. The van der Waals surface area contributed by atoms with Crippen molar-refractivity contribution in [3.63, 3.8) is 0 Å². The van der Waals surface area contributed by atoms with Gasteiger partial charge in [-0.25, -0.2) is 4.68 Å². The maximum Gasteiger partial charge on any atom is 0.256 e. The quantitative estimate of drug-likeness (QED) is 0.516. The van der Waals surface area contributed by atoms with Gasteiger partial charge in [-0.1, -0.05) is 13.8 Å². The van der Waals surface area contributed by atoms with Gasteiger partial charge < -0.3 is 20.4 Å². The third-order valence-electron chi connectivity index (χ3n) is 6.92. The number of carbonyl (C=O) groups is 3. The van der Waals surface area contributed by atoms with Crippen molar-refractivity contribution in [3.8, 4) is 0 Å². The highest BCUT2D eigenvalue weighted by Crippen LogP contribution is 2.34. The van der Waals surface area contributed by atoms with E-state index in [0.717, 1.165) is 42.0 Å². The molecular weight excluding hydrogens is 468 g/mol. The molecular formula is C28H32N6O3. The minimum absolute atomic E-state index is 0.0593. The molecule has 0 saturated carbocycles. The summed E-state index contributed by atoms with van der Waals surface area (Å²) in [4.78, 5) is 41.4. The number of likely N-dealkylation sites (N-methyl/N-ethyl adjacent to an activating group) is 1. The lowest BCUT2D eigenvalue weighted by Crippen LogP contribution is -2.34.